The van der Waals surface area contributed by atoms with Gasteiger partial charge in [-0.25, -0.2) is 0 Å². The molecule has 4 nitrogen and oxygen atoms in total. The number of para-hydroxylation sites is 3. The van der Waals surface area contributed by atoms with Crippen LogP contribution in [0, 0.1) is 0 Å². The van der Waals surface area contributed by atoms with Crippen LogP contribution in [0.15, 0.2) is 48.5 Å². The van der Waals surface area contributed by atoms with Gasteiger partial charge < -0.3 is 15.2 Å². The van der Waals surface area contributed by atoms with Gasteiger partial charge in [-0.1, -0.05) is 30.3 Å². The molecule has 0 fully saturated rings. The monoisotopic (exact) mass is 286 g/mol. The largest absolute Gasteiger partial charge is 0.496 e. The van der Waals surface area contributed by atoms with Gasteiger partial charge in [0.1, 0.15) is 18.1 Å². The van der Waals surface area contributed by atoms with E-state index in [-0.39, 0.29) is 0 Å². The van der Waals surface area contributed by atoms with Gasteiger partial charge in [-0.2, -0.15) is 0 Å². The van der Waals surface area contributed by atoms with Gasteiger partial charge in [0.05, 0.1) is 12.8 Å². The Morgan fingerprint density at radius 2 is 1.67 bits per heavy atom. The molecule has 0 atom stereocenters. The molecule has 21 heavy (non-hydrogen) atoms. The highest BCUT2D eigenvalue weighted by Crippen LogP contribution is 2.20. The van der Waals surface area contributed by atoms with E-state index in [9.17, 15) is 0 Å². The Kier molecular flexibility index (Phi) is 5.46. The standard InChI is InChI=1S/C17H22N2O2/c1-19(13-14-7-3-5-9-16(14)20-2)11-12-21-17-10-6-4-8-15(17)18/h3-10H,11-13,18H2,1-2H3. The average molecular weight is 286 g/mol. The molecule has 0 amide bonds. The van der Waals surface area contributed by atoms with E-state index in [2.05, 4.69) is 18.0 Å². The highest BCUT2D eigenvalue weighted by molar-refractivity contribution is 5.51. The highest BCUT2D eigenvalue weighted by Gasteiger charge is 2.06. The van der Waals surface area contributed by atoms with Crippen LogP contribution in [-0.2, 0) is 6.54 Å². The molecule has 2 N–H and O–H groups in total. The van der Waals surface area contributed by atoms with Crippen LogP contribution in [0.4, 0.5) is 5.69 Å². The molecule has 0 aliphatic rings. The Bertz CT molecular complexity index is 572. The smallest absolute Gasteiger partial charge is 0.142 e. The molecule has 2 aromatic carbocycles. The summed E-state index contributed by atoms with van der Waals surface area (Å²) in [6.07, 6.45) is 0. The van der Waals surface area contributed by atoms with Crippen molar-refractivity contribution in [1.82, 2.24) is 4.90 Å². The zero-order valence-electron chi connectivity index (χ0n) is 12.6. The predicted molar refractivity (Wildman–Crippen MR) is 85.7 cm³/mol. The van der Waals surface area contributed by atoms with Gasteiger partial charge >= 0.3 is 0 Å². The van der Waals surface area contributed by atoms with E-state index < -0.39 is 0 Å². The maximum Gasteiger partial charge on any atom is 0.142 e. The van der Waals surface area contributed by atoms with E-state index in [1.165, 1.54) is 5.56 Å². The number of nitrogens with zero attached hydrogens (tertiary/aromatic N) is 1. The van der Waals surface area contributed by atoms with Crippen LogP contribution in [0.1, 0.15) is 5.56 Å². The van der Waals surface area contributed by atoms with E-state index in [0.717, 1.165) is 24.6 Å². The maximum absolute atomic E-state index is 5.84. The van der Waals surface area contributed by atoms with Crippen molar-refractivity contribution in [3.05, 3.63) is 54.1 Å². The first-order valence-corrected chi connectivity index (χ1v) is 6.98. The number of hydrogen-bond acceptors (Lipinski definition) is 4. The summed E-state index contributed by atoms with van der Waals surface area (Å²) >= 11 is 0. The number of rotatable bonds is 7. The van der Waals surface area contributed by atoms with Crippen LogP contribution >= 0.6 is 0 Å². The van der Waals surface area contributed by atoms with Gasteiger partial charge in [-0.15, -0.1) is 0 Å². The fourth-order valence-electron chi connectivity index (χ4n) is 2.13. The molecule has 0 bridgehead atoms. The molecular weight excluding hydrogens is 264 g/mol. The summed E-state index contributed by atoms with van der Waals surface area (Å²) < 4.78 is 11.1. The second-order valence-corrected chi connectivity index (χ2v) is 4.94. The Labute approximate surface area is 126 Å². The number of nitrogens with two attached hydrogens (primary N) is 1. The lowest BCUT2D eigenvalue weighted by molar-refractivity contribution is 0.232. The molecule has 0 aliphatic heterocycles. The first kappa shape index (κ1) is 15.2. The highest BCUT2D eigenvalue weighted by atomic mass is 16.5. The molecule has 2 rings (SSSR count). The summed E-state index contributed by atoms with van der Waals surface area (Å²) in [7, 11) is 3.75. The first-order valence-electron chi connectivity index (χ1n) is 6.98. The van der Waals surface area contributed by atoms with Crippen LogP contribution in [0.3, 0.4) is 0 Å². The molecule has 2 aromatic rings. The summed E-state index contributed by atoms with van der Waals surface area (Å²) in [5.41, 5.74) is 7.68. The minimum atomic E-state index is 0.597. The van der Waals surface area contributed by atoms with Crippen molar-refractivity contribution in [3.8, 4) is 11.5 Å². The molecule has 112 valence electrons. The van der Waals surface area contributed by atoms with Gasteiger partial charge in [0.2, 0.25) is 0 Å². The zero-order chi connectivity index (χ0) is 15.1. The van der Waals surface area contributed by atoms with E-state index in [0.29, 0.717) is 12.3 Å². The predicted octanol–water partition coefficient (Wildman–Crippen LogP) is 2.79. The van der Waals surface area contributed by atoms with Crippen molar-refractivity contribution in [2.75, 3.05) is 33.0 Å². The van der Waals surface area contributed by atoms with E-state index in [4.69, 9.17) is 15.2 Å². The van der Waals surface area contributed by atoms with Gasteiger partial charge in [0, 0.05) is 18.7 Å². The first-order chi connectivity index (χ1) is 10.2. The number of anilines is 1. The molecule has 4 heteroatoms. The van der Waals surface area contributed by atoms with Crippen molar-refractivity contribution in [3.63, 3.8) is 0 Å². The number of methoxy groups -OCH3 is 1. The fraction of sp³-hybridized carbons (Fsp3) is 0.294. The van der Waals surface area contributed by atoms with Crippen LogP contribution in [0.2, 0.25) is 0 Å². The normalized spacial score (nSPS) is 10.6. The molecule has 0 spiro atoms. The van der Waals surface area contributed by atoms with Crippen LogP contribution < -0.4 is 15.2 Å². The second-order valence-electron chi connectivity index (χ2n) is 4.94. The lowest BCUT2D eigenvalue weighted by Gasteiger charge is -2.19. The number of ether oxygens (including phenoxy) is 2. The van der Waals surface area contributed by atoms with Crippen LogP contribution in [-0.4, -0.2) is 32.2 Å². The van der Waals surface area contributed by atoms with Crippen molar-refractivity contribution < 1.29 is 9.47 Å². The Hall–Kier alpha value is -2.20. The van der Waals surface area contributed by atoms with Gasteiger partial charge in [0.15, 0.2) is 0 Å². The SMILES string of the molecule is COc1ccccc1CN(C)CCOc1ccccc1N. The third kappa shape index (κ3) is 4.39. The van der Waals surface area contributed by atoms with Crippen LogP contribution in [0.25, 0.3) is 0 Å². The van der Waals surface area contributed by atoms with E-state index in [1.807, 2.05) is 42.5 Å². The quantitative estimate of drug-likeness (QED) is 0.795. The third-order valence-electron chi connectivity index (χ3n) is 3.28. The van der Waals surface area contributed by atoms with E-state index >= 15 is 0 Å². The van der Waals surface area contributed by atoms with Crippen molar-refractivity contribution in [2.24, 2.45) is 0 Å². The molecule has 0 aliphatic carbocycles. The summed E-state index contributed by atoms with van der Waals surface area (Å²) in [5, 5.41) is 0. The molecule has 0 heterocycles. The number of nitrogen functional groups attached to an aromatic ring is 1. The van der Waals surface area contributed by atoms with Crippen molar-refractivity contribution in [1.29, 1.82) is 0 Å². The molecule has 0 radical (unpaired) electrons. The van der Waals surface area contributed by atoms with Gasteiger partial charge in [-0.3, -0.25) is 4.90 Å². The zero-order valence-corrected chi connectivity index (χ0v) is 12.6. The molecule has 0 aromatic heterocycles. The molecule has 0 saturated carbocycles. The number of likely N-dealkylation sites (N-methyl/N-ethyl adjacent to an activating group) is 1. The van der Waals surface area contributed by atoms with Gasteiger partial charge in [-0.05, 0) is 25.2 Å². The molecule has 0 unspecified atom stereocenters. The summed E-state index contributed by atoms with van der Waals surface area (Å²) in [4.78, 5) is 2.19. The lowest BCUT2D eigenvalue weighted by atomic mass is 10.2. The summed E-state index contributed by atoms with van der Waals surface area (Å²) in [6.45, 7) is 2.23. The average Bonchev–Trinajstić information content (AvgIpc) is 2.50. The van der Waals surface area contributed by atoms with Crippen molar-refractivity contribution >= 4 is 5.69 Å². The van der Waals surface area contributed by atoms with Crippen molar-refractivity contribution in [2.45, 2.75) is 6.54 Å². The van der Waals surface area contributed by atoms with Crippen LogP contribution in [0.5, 0.6) is 11.5 Å². The number of benzene rings is 2. The Balaban J connectivity index is 1.82. The fourth-order valence-corrected chi connectivity index (χ4v) is 2.13. The second kappa shape index (κ2) is 7.55. The number of hydrogen-bond donors (Lipinski definition) is 1. The minimum Gasteiger partial charge on any atom is -0.496 e. The minimum absolute atomic E-state index is 0.597. The summed E-state index contributed by atoms with van der Waals surface area (Å²) in [5.74, 6) is 1.65. The lowest BCUT2D eigenvalue weighted by Crippen LogP contribution is -2.24. The maximum atomic E-state index is 5.84. The third-order valence-corrected chi connectivity index (χ3v) is 3.28. The topological polar surface area (TPSA) is 47.7 Å². The molecule has 0 saturated heterocycles. The van der Waals surface area contributed by atoms with Gasteiger partial charge in [0.25, 0.3) is 0 Å². The van der Waals surface area contributed by atoms with E-state index in [1.54, 1.807) is 7.11 Å². The summed E-state index contributed by atoms with van der Waals surface area (Å²) in [6, 6.07) is 15.6. The Morgan fingerprint density at radius 3 is 2.38 bits per heavy atom. The Morgan fingerprint density at radius 1 is 1.00 bits per heavy atom. The molecular formula is C17H22N2O2.